The maximum absolute atomic E-state index is 12.3. The standard InChI is InChI=1S/C14H22N2O3/c1-14(2,8-15)9-16(3)13(18)11-7-10(19-4)5-6-12(11)17/h5-7,17H,8-9,15H2,1-4H3. The second kappa shape index (κ2) is 5.93. The summed E-state index contributed by atoms with van der Waals surface area (Å²) in [5.74, 6) is 0.230. The first-order valence-corrected chi connectivity index (χ1v) is 6.13. The minimum Gasteiger partial charge on any atom is -0.507 e. The topological polar surface area (TPSA) is 75.8 Å². The fourth-order valence-corrected chi connectivity index (χ4v) is 1.80. The van der Waals surface area contributed by atoms with Gasteiger partial charge in [-0.2, -0.15) is 0 Å². The third-order valence-electron chi connectivity index (χ3n) is 3.00. The van der Waals surface area contributed by atoms with Crippen molar-refractivity contribution in [3.8, 4) is 11.5 Å². The first-order valence-electron chi connectivity index (χ1n) is 6.13. The van der Waals surface area contributed by atoms with Crippen LogP contribution in [0, 0.1) is 5.41 Å². The number of carbonyl (C=O) groups is 1. The second-order valence-corrected chi connectivity index (χ2v) is 5.41. The van der Waals surface area contributed by atoms with E-state index >= 15 is 0 Å². The number of phenols is 1. The van der Waals surface area contributed by atoms with Crippen molar-refractivity contribution in [1.29, 1.82) is 0 Å². The first-order chi connectivity index (χ1) is 8.80. The number of amides is 1. The molecule has 0 aliphatic carbocycles. The summed E-state index contributed by atoms with van der Waals surface area (Å²) in [7, 11) is 3.21. The van der Waals surface area contributed by atoms with Crippen molar-refractivity contribution in [2.24, 2.45) is 11.1 Å². The van der Waals surface area contributed by atoms with Gasteiger partial charge in [0.25, 0.3) is 5.91 Å². The van der Waals surface area contributed by atoms with Gasteiger partial charge in [-0.15, -0.1) is 0 Å². The van der Waals surface area contributed by atoms with Gasteiger partial charge >= 0.3 is 0 Å². The Hall–Kier alpha value is -1.75. The van der Waals surface area contributed by atoms with E-state index in [2.05, 4.69) is 0 Å². The van der Waals surface area contributed by atoms with Gasteiger partial charge in [-0.1, -0.05) is 13.8 Å². The second-order valence-electron chi connectivity index (χ2n) is 5.41. The molecule has 1 rings (SSSR count). The number of phenolic OH excluding ortho intramolecular Hbond substituents is 1. The molecule has 0 saturated carbocycles. The average molecular weight is 266 g/mol. The van der Waals surface area contributed by atoms with Gasteiger partial charge < -0.3 is 20.5 Å². The molecule has 106 valence electrons. The smallest absolute Gasteiger partial charge is 0.257 e. The molecule has 0 radical (unpaired) electrons. The van der Waals surface area contributed by atoms with Crippen LogP contribution in [0.1, 0.15) is 24.2 Å². The molecule has 1 amide bonds. The fourth-order valence-electron chi connectivity index (χ4n) is 1.80. The maximum atomic E-state index is 12.3. The lowest BCUT2D eigenvalue weighted by Crippen LogP contribution is -2.39. The molecule has 0 heterocycles. The number of aromatic hydroxyl groups is 1. The van der Waals surface area contributed by atoms with Gasteiger partial charge in [0.2, 0.25) is 0 Å². The molecule has 0 fully saturated rings. The Morgan fingerprint density at radius 3 is 2.63 bits per heavy atom. The van der Waals surface area contributed by atoms with Crippen molar-refractivity contribution in [2.45, 2.75) is 13.8 Å². The van der Waals surface area contributed by atoms with Crippen molar-refractivity contribution in [3.63, 3.8) is 0 Å². The lowest BCUT2D eigenvalue weighted by Gasteiger charge is -2.29. The molecule has 1 aromatic rings. The van der Waals surface area contributed by atoms with Crippen molar-refractivity contribution in [2.75, 3.05) is 27.2 Å². The fraction of sp³-hybridized carbons (Fsp3) is 0.500. The van der Waals surface area contributed by atoms with E-state index in [9.17, 15) is 9.90 Å². The van der Waals surface area contributed by atoms with Crippen LogP contribution in [0.2, 0.25) is 0 Å². The Balaban J connectivity index is 2.93. The Morgan fingerprint density at radius 1 is 1.47 bits per heavy atom. The summed E-state index contributed by atoms with van der Waals surface area (Å²) < 4.78 is 5.06. The monoisotopic (exact) mass is 266 g/mol. The zero-order valence-electron chi connectivity index (χ0n) is 11.9. The molecular weight excluding hydrogens is 244 g/mol. The van der Waals surface area contributed by atoms with Gasteiger partial charge in [0.15, 0.2) is 0 Å². The van der Waals surface area contributed by atoms with Gasteiger partial charge in [-0.3, -0.25) is 4.79 Å². The SMILES string of the molecule is COc1ccc(O)c(C(=O)N(C)CC(C)(C)CN)c1. The Labute approximate surface area is 114 Å². The van der Waals surface area contributed by atoms with Gasteiger partial charge in [-0.05, 0) is 30.2 Å². The number of nitrogens with two attached hydrogens (primary N) is 1. The van der Waals surface area contributed by atoms with Crippen LogP contribution in [0.25, 0.3) is 0 Å². The average Bonchev–Trinajstić information content (AvgIpc) is 2.38. The predicted molar refractivity (Wildman–Crippen MR) is 74.5 cm³/mol. The van der Waals surface area contributed by atoms with Crippen LogP contribution >= 0.6 is 0 Å². The number of hydrogen-bond acceptors (Lipinski definition) is 4. The van der Waals surface area contributed by atoms with E-state index in [4.69, 9.17) is 10.5 Å². The number of rotatable bonds is 5. The molecule has 0 unspecified atom stereocenters. The highest BCUT2D eigenvalue weighted by Gasteiger charge is 2.23. The van der Waals surface area contributed by atoms with Gasteiger partial charge in [0.1, 0.15) is 11.5 Å². The zero-order valence-corrected chi connectivity index (χ0v) is 11.9. The number of hydrogen-bond donors (Lipinski definition) is 2. The Kier molecular flexibility index (Phi) is 4.78. The van der Waals surface area contributed by atoms with E-state index in [0.29, 0.717) is 18.8 Å². The molecular formula is C14H22N2O3. The summed E-state index contributed by atoms with van der Waals surface area (Å²) in [5, 5.41) is 9.78. The van der Waals surface area contributed by atoms with Crippen LogP contribution < -0.4 is 10.5 Å². The summed E-state index contributed by atoms with van der Waals surface area (Å²) in [6.07, 6.45) is 0. The number of methoxy groups -OCH3 is 1. The molecule has 1 aromatic carbocycles. The van der Waals surface area contributed by atoms with Crippen LogP contribution in [-0.4, -0.2) is 43.2 Å². The molecule has 0 bridgehead atoms. The summed E-state index contributed by atoms with van der Waals surface area (Å²) in [5.41, 5.74) is 5.73. The van der Waals surface area contributed by atoms with Gasteiger partial charge in [0, 0.05) is 13.6 Å². The van der Waals surface area contributed by atoms with Gasteiger partial charge in [-0.25, -0.2) is 0 Å². The molecule has 5 heteroatoms. The minimum atomic E-state index is -0.252. The lowest BCUT2D eigenvalue weighted by molar-refractivity contribution is 0.0737. The predicted octanol–water partition coefficient (Wildman–Crippen LogP) is 1.46. The highest BCUT2D eigenvalue weighted by molar-refractivity contribution is 5.97. The molecule has 0 aromatic heterocycles. The normalized spacial score (nSPS) is 11.2. The van der Waals surface area contributed by atoms with Gasteiger partial charge in [0.05, 0.1) is 12.7 Å². The van der Waals surface area contributed by atoms with E-state index in [1.54, 1.807) is 18.0 Å². The van der Waals surface area contributed by atoms with Crippen molar-refractivity contribution in [3.05, 3.63) is 23.8 Å². The molecule has 5 nitrogen and oxygen atoms in total. The third-order valence-corrected chi connectivity index (χ3v) is 3.00. The molecule has 19 heavy (non-hydrogen) atoms. The van der Waals surface area contributed by atoms with Crippen LogP contribution in [0.4, 0.5) is 0 Å². The highest BCUT2D eigenvalue weighted by atomic mass is 16.5. The summed E-state index contributed by atoms with van der Waals surface area (Å²) >= 11 is 0. The third kappa shape index (κ3) is 3.86. The quantitative estimate of drug-likeness (QED) is 0.846. The largest absolute Gasteiger partial charge is 0.507 e. The summed E-state index contributed by atoms with van der Waals surface area (Å²) in [4.78, 5) is 13.9. The zero-order chi connectivity index (χ0) is 14.6. The highest BCUT2D eigenvalue weighted by Crippen LogP contribution is 2.25. The maximum Gasteiger partial charge on any atom is 0.257 e. The molecule has 3 N–H and O–H groups in total. The molecule has 0 atom stereocenters. The molecule has 0 aliphatic rings. The van der Waals surface area contributed by atoms with Crippen molar-refractivity contribution < 1.29 is 14.6 Å². The van der Waals surface area contributed by atoms with Crippen LogP contribution in [0.3, 0.4) is 0 Å². The molecule has 0 spiro atoms. The minimum absolute atomic E-state index is 0.0526. The van der Waals surface area contributed by atoms with E-state index in [1.165, 1.54) is 19.2 Å². The van der Waals surface area contributed by atoms with Crippen molar-refractivity contribution >= 4 is 5.91 Å². The summed E-state index contributed by atoms with van der Waals surface area (Å²) in [6.45, 7) is 4.97. The first kappa shape index (κ1) is 15.3. The Bertz CT molecular complexity index is 458. The number of carbonyl (C=O) groups excluding carboxylic acids is 1. The van der Waals surface area contributed by atoms with E-state index in [-0.39, 0.29) is 22.6 Å². The van der Waals surface area contributed by atoms with E-state index in [1.807, 2.05) is 13.8 Å². The molecule has 0 aliphatic heterocycles. The van der Waals surface area contributed by atoms with E-state index in [0.717, 1.165) is 0 Å². The Morgan fingerprint density at radius 2 is 2.11 bits per heavy atom. The number of ether oxygens (including phenoxy) is 1. The van der Waals surface area contributed by atoms with Crippen LogP contribution in [0.15, 0.2) is 18.2 Å². The number of nitrogens with zero attached hydrogens (tertiary/aromatic N) is 1. The number of benzene rings is 1. The lowest BCUT2D eigenvalue weighted by atomic mass is 9.93. The van der Waals surface area contributed by atoms with Crippen LogP contribution in [0.5, 0.6) is 11.5 Å². The summed E-state index contributed by atoms with van der Waals surface area (Å²) in [6, 6.07) is 4.59. The van der Waals surface area contributed by atoms with E-state index < -0.39 is 0 Å². The molecule has 0 saturated heterocycles. The van der Waals surface area contributed by atoms with Crippen LogP contribution in [-0.2, 0) is 0 Å². The van der Waals surface area contributed by atoms with Crippen molar-refractivity contribution in [1.82, 2.24) is 4.90 Å².